The highest BCUT2D eigenvalue weighted by Crippen LogP contribution is 2.08. The molecular formula is C8H11NS. The number of aryl methyl sites for hydroxylation is 2. The van der Waals surface area contributed by atoms with Crippen molar-refractivity contribution in [1.82, 2.24) is 4.98 Å². The Morgan fingerprint density at radius 1 is 1.50 bits per heavy atom. The third-order valence-electron chi connectivity index (χ3n) is 1.41. The number of rotatable bonds is 1. The van der Waals surface area contributed by atoms with Crippen LogP contribution >= 0.6 is 12.6 Å². The molecule has 0 spiro atoms. The number of nitrogens with zero attached hydrogens (tertiary/aromatic N) is 1. The van der Waals surface area contributed by atoms with E-state index in [4.69, 9.17) is 0 Å². The maximum atomic E-state index is 4.17. The molecule has 1 rings (SSSR count). The molecule has 0 atom stereocenters. The van der Waals surface area contributed by atoms with E-state index in [9.17, 15) is 0 Å². The largest absolute Gasteiger partial charge is 0.247 e. The molecule has 1 heterocycles. The first-order valence-electron chi connectivity index (χ1n) is 3.39. The summed E-state index contributed by atoms with van der Waals surface area (Å²) in [5, 5.41) is 0.817. The van der Waals surface area contributed by atoms with Crippen LogP contribution in [-0.4, -0.2) is 4.98 Å². The molecule has 0 saturated heterocycles. The molecule has 2 heteroatoms. The number of hydrogen-bond donors (Lipinski definition) is 1. The Kier molecular flexibility index (Phi) is 2.33. The van der Waals surface area contributed by atoms with Gasteiger partial charge in [-0.1, -0.05) is 6.92 Å². The average molecular weight is 153 g/mol. The van der Waals surface area contributed by atoms with Crippen LogP contribution in [0.3, 0.4) is 0 Å². The molecule has 0 fully saturated rings. The third-order valence-corrected chi connectivity index (χ3v) is 1.64. The minimum absolute atomic E-state index is 0.817. The molecule has 0 radical (unpaired) electrons. The van der Waals surface area contributed by atoms with Crippen molar-refractivity contribution in [3.8, 4) is 0 Å². The van der Waals surface area contributed by atoms with E-state index in [1.807, 2.05) is 13.0 Å². The van der Waals surface area contributed by atoms with Gasteiger partial charge in [0.1, 0.15) is 0 Å². The summed E-state index contributed by atoms with van der Waals surface area (Å²) in [4.78, 5) is 4.15. The monoisotopic (exact) mass is 153 g/mol. The van der Waals surface area contributed by atoms with E-state index in [2.05, 4.69) is 30.6 Å². The number of aromatic nitrogens is 1. The Hall–Kier alpha value is -0.500. The highest BCUT2D eigenvalue weighted by molar-refractivity contribution is 7.80. The molecule has 0 saturated carbocycles. The lowest BCUT2D eigenvalue weighted by Crippen LogP contribution is -1.86. The van der Waals surface area contributed by atoms with Crippen LogP contribution in [0.4, 0.5) is 0 Å². The van der Waals surface area contributed by atoms with Gasteiger partial charge in [0.05, 0.1) is 5.03 Å². The molecule has 0 amide bonds. The fourth-order valence-corrected chi connectivity index (χ4v) is 1.25. The maximum Gasteiger partial charge on any atom is 0.0935 e. The predicted octanol–water partition coefficient (Wildman–Crippen LogP) is 2.24. The van der Waals surface area contributed by atoms with Crippen molar-refractivity contribution in [2.75, 3.05) is 0 Å². The lowest BCUT2D eigenvalue weighted by Gasteiger charge is -1.98. The van der Waals surface area contributed by atoms with Crippen LogP contribution < -0.4 is 0 Å². The summed E-state index contributed by atoms with van der Waals surface area (Å²) in [5.41, 5.74) is 2.35. The van der Waals surface area contributed by atoms with Gasteiger partial charge in [0.2, 0.25) is 0 Å². The Morgan fingerprint density at radius 3 is 2.70 bits per heavy atom. The highest BCUT2D eigenvalue weighted by atomic mass is 32.1. The second-order valence-corrected chi connectivity index (χ2v) is 2.79. The van der Waals surface area contributed by atoms with E-state index in [0.29, 0.717) is 0 Å². The van der Waals surface area contributed by atoms with Crippen LogP contribution in [0.2, 0.25) is 0 Å². The molecule has 0 aliphatic heterocycles. The zero-order valence-corrected chi connectivity index (χ0v) is 7.15. The molecular weight excluding hydrogens is 142 g/mol. The molecule has 0 aromatic carbocycles. The number of thiol groups is 1. The first kappa shape index (κ1) is 7.61. The highest BCUT2D eigenvalue weighted by Gasteiger charge is 1.93. The second kappa shape index (κ2) is 3.06. The minimum Gasteiger partial charge on any atom is -0.247 e. The number of pyridine rings is 1. The molecule has 0 N–H and O–H groups in total. The van der Waals surface area contributed by atoms with Gasteiger partial charge < -0.3 is 0 Å². The van der Waals surface area contributed by atoms with Gasteiger partial charge >= 0.3 is 0 Å². The molecule has 1 nitrogen and oxygen atoms in total. The van der Waals surface area contributed by atoms with Gasteiger partial charge in [-0.25, -0.2) is 4.98 Å². The SMILES string of the molecule is CCc1cc(C)nc(S)c1. The zero-order chi connectivity index (χ0) is 7.56. The Bertz CT molecular complexity index is 212. The van der Waals surface area contributed by atoms with Crippen molar-refractivity contribution < 1.29 is 0 Å². The smallest absolute Gasteiger partial charge is 0.0935 e. The second-order valence-electron chi connectivity index (χ2n) is 2.33. The quantitative estimate of drug-likeness (QED) is 0.610. The fourth-order valence-electron chi connectivity index (χ4n) is 0.925. The summed E-state index contributed by atoms with van der Waals surface area (Å²) in [6, 6.07) is 4.08. The number of hydrogen-bond acceptors (Lipinski definition) is 2. The topological polar surface area (TPSA) is 12.9 Å². The molecule has 0 aliphatic rings. The molecule has 0 aliphatic carbocycles. The predicted molar refractivity (Wildman–Crippen MR) is 45.6 cm³/mol. The van der Waals surface area contributed by atoms with E-state index < -0.39 is 0 Å². The minimum atomic E-state index is 0.817. The first-order valence-corrected chi connectivity index (χ1v) is 3.83. The van der Waals surface area contributed by atoms with Crippen molar-refractivity contribution in [2.24, 2.45) is 0 Å². The van der Waals surface area contributed by atoms with Gasteiger partial charge in [0, 0.05) is 5.69 Å². The van der Waals surface area contributed by atoms with Crippen LogP contribution in [0.25, 0.3) is 0 Å². The maximum absolute atomic E-state index is 4.17. The summed E-state index contributed by atoms with van der Waals surface area (Å²) in [6.45, 7) is 4.11. The first-order chi connectivity index (χ1) is 4.72. The van der Waals surface area contributed by atoms with Crippen molar-refractivity contribution in [2.45, 2.75) is 25.3 Å². The standard InChI is InChI=1S/C8H11NS/c1-3-7-4-6(2)9-8(10)5-7/h4-5H,3H2,1-2H3,(H,9,10). The summed E-state index contributed by atoms with van der Waals surface area (Å²) >= 11 is 4.17. The molecule has 1 aromatic rings. The van der Waals surface area contributed by atoms with Crippen molar-refractivity contribution in [1.29, 1.82) is 0 Å². The van der Waals surface area contributed by atoms with E-state index in [-0.39, 0.29) is 0 Å². The van der Waals surface area contributed by atoms with Crippen molar-refractivity contribution >= 4 is 12.6 Å². The zero-order valence-electron chi connectivity index (χ0n) is 6.26. The molecule has 0 unspecified atom stereocenters. The lowest BCUT2D eigenvalue weighted by atomic mass is 10.2. The Balaban J connectivity index is 3.06. The van der Waals surface area contributed by atoms with Crippen LogP contribution in [0.5, 0.6) is 0 Å². The van der Waals surface area contributed by atoms with Gasteiger partial charge in [0.25, 0.3) is 0 Å². The van der Waals surface area contributed by atoms with E-state index in [1.54, 1.807) is 0 Å². The summed E-state index contributed by atoms with van der Waals surface area (Å²) in [7, 11) is 0. The van der Waals surface area contributed by atoms with Gasteiger partial charge in [0.15, 0.2) is 0 Å². The van der Waals surface area contributed by atoms with Gasteiger partial charge in [-0.2, -0.15) is 0 Å². The molecule has 54 valence electrons. The third kappa shape index (κ3) is 1.74. The average Bonchev–Trinajstić information content (AvgIpc) is 1.85. The molecule has 0 bridgehead atoms. The fraction of sp³-hybridized carbons (Fsp3) is 0.375. The van der Waals surface area contributed by atoms with E-state index in [0.717, 1.165) is 17.1 Å². The van der Waals surface area contributed by atoms with Gasteiger partial charge in [-0.15, -0.1) is 12.6 Å². The Labute approximate surface area is 66.9 Å². The molecule has 10 heavy (non-hydrogen) atoms. The van der Waals surface area contributed by atoms with Crippen LogP contribution in [-0.2, 0) is 6.42 Å². The van der Waals surface area contributed by atoms with Gasteiger partial charge in [-0.05, 0) is 31.0 Å². The van der Waals surface area contributed by atoms with E-state index in [1.165, 1.54) is 5.56 Å². The van der Waals surface area contributed by atoms with E-state index >= 15 is 0 Å². The van der Waals surface area contributed by atoms with Crippen molar-refractivity contribution in [3.05, 3.63) is 23.4 Å². The normalized spacial score (nSPS) is 9.90. The van der Waals surface area contributed by atoms with Crippen LogP contribution in [0.1, 0.15) is 18.2 Å². The van der Waals surface area contributed by atoms with Crippen LogP contribution in [0, 0.1) is 6.92 Å². The lowest BCUT2D eigenvalue weighted by molar-refractivity contribution is 1.01. The summed E-state index contributed by atoms with van der Waals surface area (Å²) in [6.07, 6.45) is 1.05. The van der Waals surface area contributed by atoms with Crippen LogP contribution in [0.15, 0.2) is 17.2 Å². The Morgan fingerprint density at radius 2 is 2.20 bits per heavy atom. The summed E-state index contributed by atoms with van der Waals surface area (Å²) in [5.74, 6) is 0. The van der Waals surface area contributed by atoms with Gasteiger partial charge in [-0.3, -0.25) is 0 Å². The van der Waals surface area contributed by atoms with Crippen molar-refractivity contribution in [3.63, 3.8) is 0 Å². The molecule has 1 aromatic heterocycles. The summed E-state index contributed by atoms with van der Waals surface area (Å²) < 4.78 is 0.